The quantitative estimate of drug-likeness (QED) is 0.850. The van der Waals surface area contributed by atoms with Crippen LogP contribution in [0.25, 0.3) is 5.69 Å². The van der Waals surface area contributed by atoms with Crippen molar-refractivity contribution in [2.75, 3.05) is 0 Å². The van der Waals surface area contributed by atoms with Crippen LogP contribution in [0.4, 0.5) is 0 Å². The van der Waals surface area contributed by atoms with E-state index in [1.54, 1.807) is 10.7 Å². The second kappa shape index (κ2) is 4.01. The average Bonchev–Trinajstić information content (AvgIpc) is 3.07. The van der Waals surface area contributed by atoms with Gasteiger partial charge in [0.05, 0.1) is 16.9 Å². The normalized spacial score (nSPS) is 14.6. The maximum Gasteiger partial charge on any atom is 0.101 e. The summed E-state index contributed by atoms with van der Waals surface area (Å²) >= 11 is 3.42. The van der Waals surface area contributed by atoms with Crippen molar-refractivity contribution < 1.29 is 0 Å². The van der Waals surface area contributed by atoms with Gasteiger partial charge in [0.2, 0.25) is 0 Å². The van der Waals surface area contributed by atoms with Gasteiger partial charge in [-0.25, -0.2) is 4.68 Å². The van der Waals surface area contributed by atoms with E-state index in [9.17, 15) is 0 Å². The number of nitrogens with zero attached hydrogens (tertiary/aromatic N) is 3. The zero-order valence-electron chi connectivity index (χ0n) is 9.10. The van der Waals surface area contributed by atoms with Crippen LogP contribution < -0.4 is 0 Å². The predicted molar refractivity (Wildman–Crippen MR) is 68.0 cm³/mol. The van der Waals surface area contributed by atoms with Gasteiger partial charge in [-0.3, -0.25) is 0 Å². The van der Waals surface area contributed by atoms with Gasteiger partial charge in [0.15, 0.2) is 0 Å². The summed E-state index contributed by atoms with van der Waals surface area (Å²) in [7, 11) is 0. The van der Waals surface area contributed by atoms with E-state index in [1.165, 1.54) is 12.8 Å². The van der Waals surface area contributed by atoms with Crippen molar-refractivity contribution in [1.29, 1.82) is 5.26 Å². The van der Waals surface area contributed by atoms with Gasteiger partial charge in [-0.05, 0) is 37.1 Å². The lowest BCUT2D eigenvalue weighted by molar-refractivity contribution is 0.834. The smallest absolute Gasteiger partial charge is 0.101 e. The third kappa shape index (κ3) is 1.98. The van der Waals surface area contributed by atoms with Gasteiger partial charge in [0.1, 0.15) is 6.07 Å². The Bertz CT molecular complexity index is 605. The first-order chi connectivity index (χ1) is 8.28. The summed E-state index contributed by atoms with van der Waals surface area (Å²) < 4.78 is 2.74. The van der Waals surface area contributed by atoms with Gasteiger partial charge in [0, 0.05) is 16.6 Å². The molecular formula is C13H10BrN3. The SMILES string of the molecule is N#Cc1ccc(Br)cc1-n1ccc(C2CC2)n1. The van der Waals surface area contributed by atoms with E-state index in [0.29, 0.717) is 11.5 Å². The lowest BCUT2D eigenvalue weighted by atomic mass is 10.2. The van der Waals surface area contributed by atoms with Crippen LogP contribution in [0.5, 0.6) is 0 Å². The molecule has 2 aromatic rings. The second-order valence-electron chi connectivity index (χ2n) is 4.23. The number of benzene rings is 1. The summed E-state index contributed by atoms with van der Waals surface area (Å²) in [4.78, 5) is 0. The highest BCUT2D eigenvalue weighted by atomic mass is 79.9. The predicted octanol–water partition coefficient (Wildman–Crippen LogP) is 3.38. The molecule has 4 heteroatoms. The maximum atomic E-state index is 9.09. The number of nitriles is 1. The molecule has 0 spiro atoms. The Hall–Kier alpha value is -1.60. The molecule has 1 heterocycles. The van der Waals surface area contributed by atoms with Crippen molar-refractivity contribution in [3.8, 4) is 11.8 Å². The Morgan fingerprint density at radius 1 is 1.35 bits per heavy atom. The van der Waals surface area contributed by atoms with Crippen molar-refractivity contribution in [2.45, 2.75) is 18.8 Å². The molecule has 3 nitrogen and oxygen atoms in total. The average molecular weight is 288 g/mol. The number of rotatable bonds is 2. The van der Waals surface area contributed by atoms with Crippen LogP contribution in [0.3, 0.4) is 0 Å². The molecule has 0 atom stereocenters. The molecule has 3 rings (SSSR count). The fourth-order valence-electron chi connectivity index (χ4n) is 1.86. The number of hydrogen-bond acceptors (Lipinski definition) is 2. The molecule has 1 fully saturated rings. The number of hydrogen-bond donors (Lipinski definition) is 0. The topological polar surface area (TPSA) is 41.6 Å². The van der Waals surface area contributed by atoms with Crippen LogP contribution in [0.2, 0.25) is 0 Å². The molecule has 1 aromatic heterocycles. The van der Waals surface area contributed by atoms with Gasteiger partial charge in [-0.1, -0.05) is 15.9 Å². The largest absolute Gasteiger partial charge is 0.239 e. The molecule has 17 heavy (non-hydrogen) atoms. The standard InChI is InChI=1S/C13H10BrN3/c14-11-4-3-10(8-15)13(7-11)17-6-5-12(16-17)9-1-2-9/h3-7,9H,1-2H2. The van der Waals surface area contributed by atoms with Crippen molar-refractivity contribution in [3.63, 3.8) is 0 Å². The van der Waals surface area contributed by atoms with Crippen LogP contribution in [-0.4, -0.2) is 9.78 Å². The fraction of sp³-hybridized carbons (Fsp3) is 0.231. The first kappa shape index (κ1) is 10.5. The zero-order chi connectivity index (χ0) is 11.8. The third-order valence-electron chi connectivity index (χ3n) is 2.93. The molecular weight excluding hydrogens is 278 g/mol. The summed E-state index contributed by atoms with van der Waals surface area (Å²) in [5.74, 6) is 0.633. The zero-order valence-corrected chi connectivity index (χ0v) is 10.7. The van der Waals surface area contributed by atoms with E-state index < -0.39 is 0 Å². The minimum Gasteiger partial charge on any atom is -0.239 e. The molecule has 1 aliphatic rings. The van der Waals surface area contributed by atoms with Crippen LogP contribution in [-0.2, 0) is 0 Å². The Kier molecular flexibility index (Phi) is 2.49. The summed E-state index contributed by atoms with van der Waals surface area (Å²) in [6.07, 6.45) is 4.40. The van der Waals surface area contributed by atoms with Crippen LogP contribution in [0.1, 0.15) is 30.0 Å². The number of aromatic nitrogens is 2. The van der Waals surface area contributed by atoms with Gasteiger partial charge in [-0.15, -0.1) is 0 Å². The van der Waals surface area contributed by atoms with E-state index in [4.69, 9.17) is 5.26 Å². The lowest BCUT2D eigenvalue weighted by Crippen LogP contribution is -1.99. The van der Waals surface area contributed by atoms with Gasteiger partial charge in [-0.2, -0.15) is 10.4 Å². The van der Waals surface area contributed by atoms with E-state index in [1.807, 2.05) is 24.4 Å². The lowest BCUT2D eigenvalue weighted by Gasteiger charge is -2.04. The third-order valence-corrected chi connectivity index (χ3v) is 3.43. The summed E-state index contributed by atoms with van der Waals surface area (Å²) in [5.41, 5.74) is 2.60. The summed E-state index contributed by atoms with van der Waals surface area (Å²) in [5, 5.41) is 13.6. The molecule has 1 aliphatic carbocycles. The van der Waals surface area contributed by atoms with Crippen molar-refractivity contribution >= 4 is 15.9 Å². The molecule has 1 saturated carbocycles. The van der Waals surface area contributed by atoms with Crippen LogP contribution in [0, 0.1) is 11.3 Å². The van der Waals surface area contributed by atoms with Crippen LogP contribution >= 0.6 is 15.9 Å². The molecule has 84 valence electrons. The molecule has 0 N–H and O–H groups in total. The van der Waals surface area contributed by atoms with E-state index in [-0.39, 0.29) is 0 Å². The molecule has 0 amide bonds. The molecule has 1 aromatic carbocycles. The van der Waals surface area contributed by atoms with E-state index >= 15 is 0 Å². The highest BCUT2D eigenvalue weighted by Gasteiger charge is 2.26. The Balaban J connectivity index is 2.07. The molecule has 0 unspecified atom stereocenters. The van der Waals surface area contributed by atoms with Crippen molar-refractivity contribution in [3.05, 3.63) is 46.2 Å². The minimum absolute atomic E-state index is 0.633. The highest BCUT2D eigenvalue weighted by molar-refractivity contribution is 9.10. The fourth-order valence-corrected chi connectivity index (χ4v) is 2.21. The maximum absolute atomic E-state index is 9.09. The minimum atomic E-state index is 0.633. The molecule has 0 aliphatic heterocycles. The second-order valence-corrected chi connectivity index (χ2v) is 5.15. The van der Waals surface area contributed by atoms with Gasteiger partial charge in [0.25, 0.3) is 0 Å². The Labute approximate surface area is 108 Å². The van der Waals surface area contributed by atoms with Crippen molar-refractivity contribution in [1.82, 2.24) is 9.78 Å². The summed E-state index contributed by atoms with van der Waals surface area (Å²) in [6.45, 7) is 0. The van der Waals surface area contributed by atoms with E-state index in [0.717, 1.165) is 15.9 Å². The van der Waals surface area contributed by atoms with Crippen LogP contribution in [0.15, 0.2) is 34.9 Å². The number of halogens is 1. The summed E-state index contributed by atoms with van der Waals surface area (Å²) in [6, 6.07) is 9.83. The molecule has 0 saturated heterocycles. The highest BCUT2D eigenvalue weighted by Crippen LogP contribution is 2.39. The first-order valence-corrected chi connectivity index (χ1v) is 6.33. The first-order valence-electron chi connectivity index (χ1n) is 5.53. The molecule has 0 bridgehead atoms. The van der Waals surface area contributed by atoms with Gasteiger partial charge < -0.3 is 0 Å². The molecule has 0 radical (unpaired) electrons. The van der Waals surface area contributed by atoms with E-state index in [2.05, 4.69) is 27.1 Å². The van der Waals surface area contributed by atoms with Crippen molar-refractivity contribution in [2.24, 2.45) is 0 Å². The Morgan fingerprint density at radius 3 is 2.88 bits per heavy atom. The Morgan fingerprint density at radius 2 is 2.18 bits per heavy atom. The van der Waals surface area contributed by atoms with Gasteiger partial charge >= 0.3 is 0 Å². The monoisotopic (exact) mass is 287 g/mol.